The molecule has 7 nitrogen and oxygen atoms in total. The molecule has 0 unspecified atom stereocenters. The number of hydrogen-bond donors (Lipinski definition) is 2. The lowest BCUT2D eigenvalue weighted by Crippen LogP contribution is -2.32. The van der Waals surface area contributed by atoms with E-state index < -0.39 is 12.1 Å². The second-order valence-corrected chi connectivity index (χ2v) is 5.91. The van der Waals surface area contributed by atoms with Gasteiger partial charge in [-0.1, -0.05) is 12.1 Å². The van der Waals surface area contributed by atoms with Crippen molar-refractivity contribution >= 4 is 23.5 Å². The van der Waals surface area contributed by atoms with Gasteiger partial charge in [-0.25, -0.2) is 9.69 Å². The second-order valence-electron chi connectivity index (χ2n) is 5.91. The molecule has 1 aromatic carbocycles. The molecule has 0 spiro atoms. The van der Waals surface area contributed by atoms with E-state index in [4.69, 9.17) is 4.42 Å². The van der Waals surface area contributed by atoms with Gasteiger partial charge in [0.25, 0.3) is 5.91 Å². The van der Waals surface area contributed by atoms with Crippen molar-refractivity contribution in [1.82, 2.24) is 10.6 Å². The van der Waals surface area contributed by atoms with Gasteiger partial charge in [0.05, 0.1) is 18.5 Å². The smallest absolute Gasteiger partial charge is 0.329 e. The first-order valence-electron chi connectivity index (χ1n) is 8.05. The van der Waals surface area contributed by atoms with Gasteiger partial charge in [0.1, 0.15) is 11.8 Å². The Balaban J connectivity index is 1.54. The third-order valence-corrected chi connectivity index (χ3v) is 3.98. The highest BCUT2D eigenvalue weighted by Crippen LogP contribution is 2.22. The van der Waals surface area contributed by atoms with Crippen molar-refractivity contribution in [3.05, 3.63) is 54.0 Å². The molecular weight excluding hydrogens is 322 g/mol. The third-order valence-electron chi connectivity index (χ3n) is 3.98. The first-order chi connectivity index (χ1) is 12.0. The van der Waals surface area contributed by atoms with Gasteiger partial charge in [-0.05, 0) is 43.2 Å². The molecule has 1 aromatic heterocycles. The predicted octanol–water partition coefficient (Wildman–Crippen LogP) is 2.11. The Kier molecular flexibility index (Phi) is 4.83. The normalized spacial score (nSPS) is 16.8. The summed E-state index contributed by atoms with van der Waals surface area (Å²) < 4.78 is 5.13. The van der Waals surface area contributed by atoms with E-state index in [2.05, 4.69) is 10.6 Å². The van der Waals surface area contributed by atoms with E-state index in [1.165, 1.54) is 6.26 Å². The quantitative estimate of drug-likeness (QED) is 0.787. The Hall–Kier alpha value is -3.09. The molecule has 0 saturated carbocycles. The fourth-order valence-electron chi connectivity index (χ4n) is 2.70. The highest BCUT2D eigenvalue weighted by molar-refractivity contribution is 6.21. The summed E-state index contributed by atoms with van der Waals surface area (Å²) in [6.07, 6.45) is 1.92. The lowest BCUT2D eigenvalue weighted by atomic mass is 10.1. The number of amides is 4. The molecule has 3 rings (SSSR count). The van der Waals surface area contributed by atoms with Gasteiger partial charge >= 0.3 is 6.03 Å². The first-order valence-corrected chi connectivity index (χ1v) is 8.05. The van der Waals surface area contributed by atoms with Crippen LogP contribution < -0.4 is 15.5 Å². The Morgan fingerprint density at radius 3 is 2.84 bits per heavy atom. The SMILES string of the molecule is Cc1cccc(N2C(=O)N[C@@H](CCC(=O)NCc3ccco3)C2=O)c1. The van der Waals surface area contributed by atoms with Crippen molar-refractivity contribution in [1.29, 1.82) is 0 Å². The maximum Gasteiger partial charge on any atom is 0.329 e. The Morgan fingerprint density at radius 2 is 2.12 bits per heavy atom. The van der Waals surface area contributed by atoms with E-state index in [0.717, 1.165) is 10.5 Å². The molecule has 1 saturated heterocycles. The van der Waals surface area contributed by atoms with Crippen LogP contribution in [0.25, 0.3) is 0 Å². The van der Waals surface area contributed by atoms with Crippen molar-refractivity contribution in [3.63, 3.8) is 0 Å². The summed E-state index contributed by atoms with van der Waals surface area (Å²) in [5.41, 5.74) is 1.49. The van der Waals surface area contributed by atoms with Crippen molar-refractivity contribution in [3.8, 4) is 0 Å². The second kappa shape index (κ2) is 7.21. The summed E-state index contributed by atoms with van der Waals surface area (Å²) in [6, 6.07) is 9.52. The van der Waals surface area contributed by atoms with Crippen molar-refractivity contribution in [2.75, 3.05) is 4.90 Å². The van der Waals surface area contributed by atoms with Gasteiger partial charge in [-0.2, -0.15) is 0 Å². The molecule has 4 amide bonds. The zero-order valence-electron chi connectivity index (χ0n) is 13.8. The number of nitrogens with one attached hydrogen (secondary N) is 2. The molecule has 2 heterocycles. The summed E-state index contributed by atoms with van der Waals surface area (Å²) in [7, 11) is 0. The van der Waals surface area contributed by atoms with Crippen LogP contribution in [-0.2, 0) is 16.1 Å². The molecule has 1 atom stereocenters. The van der Waals surface area contributed by atoms with Crippen molar-refractivity contribution < 1.29 is 18.8 Å². The van der Waals surface area contributed by atoms with E-state index in [1.807, 2.05) is 13.0 Å². The van der Waals surface area contributed by atoms with Gasteiger partial charge in [0, 0.05) is 6.42 Å². The van der Waals surface area contributed by atoms with Gasteiger partial charge < -0.3 is 15.1 Å². The number of imide groups is 1. The average Bonchev–Trinajstić information content (AvgIpc) is 3.19. The molecule has 2 aromatic rings. The zero-order chi connectivity index (χ0) is 17.8. The number of furan rings is 1. The van der Waals surface area contributed by atoms with Crippen LogP contribution in [0.3, 0.4) is 0 Å². The zero-order valence-corrected chi connectivity index (χ0v) is 13.8. The van der Waals surface area contributed by atoms with Crippen LogP contribution in [-0.4, -0.2) is 23.9 Å². The van der Waals surface area contributed by atoms with Crippen LogP contribution in [0, 0.1) is 6.92 Å². The van der Waals surface area contributed by atoms with Gasteiger partial charge in [0.2, 0.25) is 5.91 Å². The van der Waals surface area contributed by atoms with Gasteiger partial charge in [-0.15, -0.1) is 0 Å². The van der Waals surface area contributed by atoms with Crippen LogP contribution in [0.1, 0.15) is 24.2 Å². The molecule has 0 aliphatic carbocycles. The lowest BCUT2D eigenvalue weighted by molar-refractivity contribution is -0.122. The molecule has 1 aliphatic rings. The number of carbonyl (C=O) groups excluding carboxylic acids is 3. The number of rotatable bonds is 6. The van der Waals surface area contributed by atoms with Crippen LogP contribution >= 0.6 is 0 Å². The van der Waals surface area contributed by atoms with E-state index in [0.29, 0.717) is 18.0 Å². The Bertz CT molecular complexity index is 785. The summed E-state index contributed by atoms with van der Waals surface area (Å²) in [6.45, 7) is 2.19. The van der Waals surface area contributed by atoms with Crippen LogP contribution in [0.4, 0.5) is 10.5 Å². The highest BCUT2D eigenvalue weighted by Gasteiger charge is 2.38. The number of nitrogens with zero attached hydrogens (tertiary/aromatic N) is 1. The lowest BCUT2D eigenvalue weighted by Gasteiger charge is -2.13. The molecule has 7 heteroatoms. The maximum atomic E-state index is 12.5. The molecule has 1 aliphatic heterocycles. The number of anilines is 1. The fraction of sp³-hybridized carbons (Fsp3) is 0.278. The third kappa shape index (κ3) is 3.88. The van der Waals surface area contributed by atoms with Gasteiger partial charge in [-0.3, -0.25) is 9.59 Å². The summed E-state index contributed by atoms with van der Waals surface area (Å²) in [5.74, 6) is 0.117. The molecule has 2 N–H and O–H groups in total. The van der Waals surface area contributed by atoms with E-state index >= 15 is 0 Å². The number of carbonyl (C=O) groups is 3. The number of aryl methyl sites for hydroxylation is 1. The molecule has 0 bridgehead atoms. The average molecular weight is 341 g/mol. The summed E-state index contributed by atoms with van der Waals surface area (Å²) in [5, 5.41) is 5.35. The number of urea groups is 1. The van der Waals surface area contributed by atoms with E-state index in [-0.39, 0.29) is 24.7 Å². The maximum absolute atomic E-state index is 12.5. The van der Waals surface area contributed by atoms with E-state index in [1.54, 1.807) is 30.3 Å². The molecule has 25 heavy (non-hydrogen) atoms. The molecular formula is C18H19N3O4. The van der Waals surface area contributed by atoms with Gasteiger partial charge in [0.15, 0.2) is 0 Å². The highest BCUT2D eigenvalue weighted by atomic mass is 16.3. The number of hydrogen-bond acceptors (Lipinski definition) is 4. The molecule has 1 fully saturated rings. The summed E-state index contributed by atoms with van der Waals surface area (Å²) in [4.78, 5) is 37.6. The van der Waals surface area contributed by atoms with Crippen molar-refractivity contribution in [2.45, 2.75) is 32.4 Å². The predicted molar refractivity (Wildman–Crippen MR) is 90.8 cm³/mol. The monoisotopic (exact) mass is 341 g/mol. The fourth-order valence-corrected chi connectivity index (χ4v) is 2.70. The van der Waals surface area contributed by atoms with Crippen LogP contribution in [0.5, 0.6) is 0 Å². The minimum absolute atomic E-state index is 0.138. The summed E-state index contributed by atoms with van der Waals surface area (Å²) >= 11 is 0. The molecule has 0 radical (unpaired) electrons. The largest absolute Gasteiger partial charge is 0.467 e. The Morgan fingerprint density at radius 1 is 1.28 bits per heavy atom. The minimum atomic E-state index is -0.692. The molecule has 130 valence electrons. The standard InChI is InChI=1S/C18H19N3O4/c1-12-4-2-5-13(10-12)21-17(23)15(20-18(21)24)7-8-16(22)19-11-14-6-3-9-25-14/h2-6,9-10,15H,7-8,11H2,1H3,(H,19,22)(H,20,24)/t15-/m0/s1. The number of benzene rings is 1. The topological polar surface area (TPSA) is 91.7 Å². The van der Waals surface area contributed by atoms with Crippen LogP contribution in [0.2, 0.25) is 0 Å². The van der Waals surface area contributed by atoms with E-state index in [9.17, 15) is 14.4 Å². The first kappa shape index (κ1) is 16.8. The van der Waals surface area contributed by atoms with Crippen LogP contribution in [0.15, 0.2) is 47.1 Å². The minimum Gasteiger partial charge on any atom is -0.467 e. The van der Waals surface area contributed by atoms with Crippen molar-refractivity contribution in [2.24, 2.45) is 0 Å². The Labute approximate surface area is 145 Å².